The van der Waals surface area contributed by atoms with Gasteiger partial charge < -0.3 is 5.32 Å². The minimum absolute atomic E-state index is 0.217. The van der Waals surface area contributed by atoms with Gasteiger partial charge in [0.2, 0.25) is 5.95 Å². The lowest BCUT2D eigenvalue weighted by molar-refractivity contribution is 0.603. The first kappa shape index (κ1) is 13.6. The second kappa shape index (κ2) is 5.56. The van der Waals surface area contributed by atoms with Crippen molar-refractivity contribution in [2.75, 3.05) is 12.4 Å². The van der Waals surface area contributed by atoms with Crippen molar-refractivity contribution in [2.45, 2.75) is 30.1 Å². The average molecular weight is 306 g/mol. The maximum absolute atomic E-state index is 11.7. The molecule has 0 bridgehead atoms. The van der Waals surface area contributed by atoms with Gasteiger partial charge in [-0.25, -0.2) is 14.9 Å². The first-order valence-electron chi connectivity index (χ1n) is 6.45. The molecular weight excluding hydrogens is 292 g/mol. The maximum atomic E-state index is 11.7. The smallest absolute Gasteiger partial charge is 0.343 e. The van der Waals surface area contributed by atoms with Crippen molar-refractivity contribution in [1.29, 1.82) is 0 Å². The van der Waals surface area contributed by atoms with Crippen LogP contribution in [0.3, 0.4) is 0 Å². The highest BCUT2D eigenvalue weighted by atomic mass is 32.2. The highest BCUT2D eigenvalue weighted by molar-refractivity contribution is 7.99. The van der Waals surface area contributed by atoms with Crippen LogP contribution in [0.1, 0.15) is 13.3 Å². The summed E-state index contributed by atoms with van der Waals surface area (Å²) in [4.78, 5) is 20.4. The molecule has 21 heavy (non-hydrogen) atoms. The van der Waals surface area contributed by atoms with Crippen LogP contribution in [-0.4, -0.2) is 42.0 Å². The Morgan fingerprint density at radius 1 is 1.38 bits per heavy atom. The van der Waals surface area contributed by atoms with Gasteiger partial charge in [-0.15, -0.1) is 5.10 Å². The van der Waals surface area contributed by atoms with E-state index in [9.17, 15) is 4.79 Å². The molecule has 0 amide bonds. The first-order valence-corrected chi connectivity index (χ1v) is 7.26. The van der Waals surface area contributed by atoms with Crippen LogP contribution in [0.15, 0.2) is 21.2 Å². The molecule has 3 aromatic heterocycles. The Hall–Kier alpha value is -2.36. The average Bonchev–Trinajstić information content (AvgIpc) is 3.08. The first-order chi connectivity index (χ1) is 10.2. The number of aromatic nitrogens is 7. The summed E-state index contributed by atoms with van der Waals surface area (Å²) in [6, 6.07) is 0. The van der Waals surface area contributed by atoms with Crippen LogP contribution in [0.2, 0.25) is 0 Å². The van der Waals surface area contributed by atoms with E-state index in [0.29, 0.717) is 28.3 Å². The van der Waals surface area contributed by atoms with Crippen molar-refractivity contribution >= 4 is 28.7 Å². The summed E-state index contributed by atoms with van der Waals surface area (Å²) >= 11 is 1.31. The highest BCUT2D eigenvalue weighted by Crippen LogP contribution is 2.29. The summed E-state index contributed by atoms with van der Waals surface area (Å²) < 4.78 is 1.59. The summed E-state index contributed by atoms with van der Waals surface area (Å²) in [6.07, 6.45) is 2.51. The molecule has 10 heteroatoms. The summed E-state index contributed by atoms with van der Waals surface area (Å²) in [5.74, 6) is 0.481. The number of anilines is 1. The fraction of sp³-hybridized carbons (Fsp3) is 0.364. The largest absolute Gasteiger partial charge is 0.357 e. The van der Waals surface area contributed by atoms with Crippen LogP contribution in [0.5, 0.6) is 0 Å². The summed E-state index contributed by atoms with van der Waals surface area (Å²) in [5.41, 5.74) is 0.419. The van der Waals surface area contributed by atoms with E-state index in [4.69, 9.17) is 0 Å². The van der Waals surface area contributed by atoms with Gasteiger partial charge in [0.25, 0.3) is 0 Å². The molecule has 0 aromatic carbocycles. The number of fused-ring (bicyclic) bond motifs is 1. The van der Waals surface area contributed by atoms with Gasteiger partial charge >= 0.3 is 5.69 Å². The fourth-order valence-corrected chi connectivity index (χ4v) is 2.83. The zero-order chi connectivity index (χ0) is 14.8. The Bertz CT molecular complexity index is 819. The predicted molar refractivity (Wildman–Crippen MR) is 78.5 cm³/mol. The van der Waals surface area contributed by atoms with Crippen molar-refractivity contribution < 1.29 is 0 Å². The fourth-order valence-electron chi connectivity index (χ4n) is 1.89. The molecule has 3 rings (SSSR count). The molecule has 0 atom stereocenters. The molecule has 110 valence electrons. The van der Waals surface area contributed by atoms with E-state index in [1.54, 1.807) is 17.8 Å². The monoisotopic (exact) mass is 306 g/mol. The zero-order valence-corrected chi connectivity index (χ0v) is 12.4. The van der Waals surface area contributed by atoms with E-state index < -0.39 is 0 Å². The van der Waals surface area contributed by atoms with Crippen LogP contribution in [-0.2, 0) is 6.54 Å². The molecule has 0 unspecified atom stereocenters. The lowest BCUT2D eigenvalue weighted by Crippen LogP contribution is -2.17. The van der Waals surface area contributed by atoms with E-state index in [1.165, 1.54) is 11.8 Å². The molecule has 3 aromatic rings. The second-order valence-electron chi connectivity index (χ2n) is 4.30. The van der Waals surface area contributed by atoms with Crippen LogP contribution >= 0.6 is 11.8 Å². The highest BCUT2D eigenvalue weighted by Gasteiger charge is 2.15. The standard InChI is InChI=1S/C11H14N8OS/c1-3-4-19-10(20)17-18-11(19)21-8-6-5-13-16-7(6)14-9(12-2)15-8/h5H,3-4H2,1-2H3,(H,17,20)(H2,12,13,14,15,16). The van der Waals surface area contributed by atoms with E-state index in [0.717, 1.165) is 11.8 Å². The van der Waals surface area contributed by atoms with Crippen LogP contribution in [0, 0.1) is 0 Å². The van der Waals surface area contributed by atoms with Crippen LogP contribution in [0.4, 0.5) is 5.95 Å². The quantitative estimate of drug-likeness (QED) is 0.598. The molecule has 0 aliphatic rings. The van der Waals surface area contributed by atoms with Gasteiger partial charge in [0.15, 0.2) is 10.8 Å². The number of rotatable bonds is 5. The molecular formula is C11H14N8OS. The number of nitrogens with zero attached hydrogens (tertiary/aromatic N) is 5. The number of hydrogen-bond acceptors (Lipinski definition) is 7. The lowest BCUT2D eigenvalue weighted by Gasteiger charge is -2.05. The van der Waals surface area contributed by atoms with E-state index in [1.807, 2.05) is 6.92 Å². The van der Waals surface area contributed by atoms with Crippen LogP contribution in [0.25, 0.3) is 11.0 Å². The number of H-pyrrole nitrogens is 2. The zero-order valence-electron chi connectivity index (χ0n) is 11.5. The van der Waals surface area contributed by atoms with Crippen molar-refractivity contribution in [3.63, 3.8) is 0 Å². The minimum Gasteiger partial charge on any atom is -0.357 e. The molecule has 0 radical (unpaired) electrons. The Balaban J connectivity index is 2.05. The van der Waals surface area contributed by atoms with Gasteiger partial charge in [0.05, 0.1) is 11.6 Å². The third-order valence-corrected chi connectivity index (χ3v) is 3.86. The lowest BCUT2D eigenvalue weighted by atomic mass is 10.4. The van der Waals surface area contributed by atoms with E-state index >= 15 is 0 Å². The number of aromatic amines is 2. The Kier molecular flexibility index (Phi) is 3.60. The van der Waals surface area contributed by atoms with Gasteiger partial charge in [0, 0.05) is 13.6 Å². The molecule has 0 saturated carbocycles. The topological polar surface area (TPSA) is 117 Å². The Morgan fingerprint density at radius 2 is 2.24 bits per heavy atom. The Morgan fingerprint density at radius 3 is 3.00 bits per heavy atom. The summed E-state index contributed by atoms with van der Waals surface area (Å²) in [6.45, 7) is 2.61. The molecule has 0 aliphatic heterocycles. The van der Waals surface area contributed by atoms with Gasteiger partial charge in [-0.05, 0) is 18.2 Å². The van der Waals surface area contributed by atoms with E-state index in [2.05, 4.69) is 35.7 Å². The molecule has 0 fully saturated rings. The van der Waals surface area contributed by atoms with Gasteiger partial charge in [-0.3, -0.25) is 9.67 Å². The molecule has 9 nitrogen and oxygen atoms in total. The summed E-state index contributed by atoms with van der Waals surface area (Å²) in [7, 11) is 1.74. The van der Waals surface area contributed by atoms with Gasteiger partial charge in [0.1, 0.15) is 5.03 Å². The SMILES string of the molecule is CCCn1c(Sc2nc(NC)nc3[nH]ncc23)n[nH]c1=O. The van der Waals surface area contributed by atoms with Crippen molar-refractivity contribution in [1.82, 2.24) is 34.9 Å². The molecule has 0 spiro atoms. The van der Waals surface area contributed by atoms with Crippen molar-refractivity contribution in [3.05, 3.63) is 16.7 Å². The van der Waals surface area contributed by atoms with Crippen LogP contribution < -0.4 is 11.0 Å². The van der Waals surface area contributed by atoms with Gasteiger partial charge in [-0.1, -0.05) is 6.92 Å². The molecule has 3 N–H and O–H groups in total. The maximum Gasteiger partial charge on any atom is 0.343 e. The predicted octanol–water partition coefficient (Wildman–Crippen LogP) is 0.841. The van der Waals surface area contributed by atoms with Crippen molar-refractivity contribution in [2.24, 2.45) is 0 Å². The summed E-state index contributed by atoms with van der Waals surface area (Å²) in [5, 5.41) is 18.3. The number of nitrogens with one attached hydrogen (secondary N) is 3. The van der Waals surface area contributed by atoms with Gasteiger partial charge in [-0.2, -0.15) is 10.1 Å². The third kappa shape index (κ3) is 2.49. The molecule has 0 aliphatic carbocycles. The second-order valence-corrected chi connectivity index (χ2v) is 5.26. The third-order valence-electron chi connectivity index (χ3n) is 2.86. The van der Waals surface area contributed by atoms with Crippen molar-refractivity contribution in [3.8, 4) is 0 Å². The normalized spacial score (nSPS) is 11.1. The minimum atomic E-state index is -0.217. The molecule has 3 heterocycles. The Labute approximate surface area is 123 Å². The number of hydrogen-bond donors (Lipinski definition) is 3. The van der Waals surface area contributed by atoms with E-state index in [-0.39, 0.29) is 5.69 Å². The molecule has 0 saturated heterocycles.